The standard InChI is InChI=1S/C19H19NO5/c1-13(21)25-17(11-20)15-9-10-16(22-2)19(23-3)18(15)24-12-14-7-5-4-6-8-14/h4-10,17H,12H2,1-3H3. The Morgan fingerprint density at radius 1 is 1.08 bits per heavy atom. The average Bonchev–Trinajstić information content (AvgIpc) is 2.64. The van der Waals surface area contributed by atoms with Crippen molar-refractivity contribution in [3.63, 3.8) is 0 Å². The summed E-state index contributed by atoms with van der Waals surface area (Å²) in [4.78, 5) is 11.3. The summed E-state index contributed by atoms with van der Waals surface area (Å²) in [5.41, 5.74) is 1.34. The number of esters is 1. The summed E-state index contributed by atoms with van der Waals surface area (Å²) in [6.45, 7) is 1.51. The molecule has 0 spiro atoms. The number of hydrogen-bond acceptors (Lipinski definition) is 6. The maximum Gasteiger partial charge on any atom is 0.304 e. The van der Waals surface area contributed by atoms with Gasteiger partial charge in [0.2, 0.25) is 11.9 Å². The number of nitrogens with zero attached hydrogens (tertiary/aromatic N) is 1. The zero-order valence-corrected chi connectivity index (χ0v) is 14.3. The quantitative estimate of drug-likeness (QED) is 0.718. The molecule has 1 atom stereocenters. The van der Waals surface area contributed by atoms with Crippen LogP contribution in [0.5, 0.6) is 17.2 Å². The molecule has 0 radical (unpaired) electrons. The normalized spacial score (nSPS) is 11.1. The third-order valence-electron chi connectivity index (χ3n) is 3.44. The molecule has 2 aromatic rings. The minimum absolute atomic E-state index is 0.260. The predicted molar refractivity (Wildman–Crippen MR) is 90.4 cm³/mol. The first-order valence-electron chi connectivity index (χ1n) is 7.59. The highest BCUT2D eigenvalue weighted by molar-refractivity contribution is 5.67. The van der Waals surface area contributed by atoms with E-state index in [0.29, 0.717) is 22.8 Å². The lowest BCUT2D eigenvalue weighted by molar-refractivity contribution is -0.144. The number of carbonyl (C=O) groups excluding carboxylic acids is 1. The van der Waals surface area contributed by atoms with Crippen LogP contribution in [0.3, 0.4) is 0 Å². The topological polar surface area (TPSA) is 77.8 Å². The highest BCUT2D eigenvalue weighted by Crippen LogP contribution is 2.43. The van der Waals surface area contributed by atoms with E-state index in [1.807, 2.05) is 36.4 Å². The molecule has 1 unspecified atom stereocenters. The van der Waals surface area contributed by atoms with Crippen molar-refractivity contribution in [2.24, 2.45) is 0 Å². The highest BCUT2D eigenvalue weighted by Gasteiger charge is 2.25. The predicted octanol–water partition coefficient (Wildman–Crippen LogP) is 3.41. The molecule has 2 aromatic carbocycles. The maximum atomic E-state index is 11.3. The third-order valence-corrected chi connectivity index (χ3v) is 3.44. The summed E-state index contributed by atoms with van der Waals surface area (Å²) >= 11 is 0. The van der Waals surface area contributed by atoms with Crippen LogP contribution in [-0.4, -0.2) is 20.2 Å². The lowest BCUT2D eigenvalue weighted by Gasteiger charge is -2.19. The van der Waals surface area contributed by atoms with E-state index in [0.717, 1.165) is 5.56 Å². The summed E-state index contributed by atoms with van der Waals surface area (Å²) in [5.74, 6) is 0.533. The molecule has 6 nitrogen and oxygen atoms in total. The number of ether oxygens (including phenoxy) is 4. The monoisotopic (exact) mass is 341 g/mol. The molecule has 0 fully saturated rings. The van der Waals surface area contributed by atoms with Crippen LogP contribution >= 0.6 is 0 Å². The number of carbonyl (C=O) groups is 1. The molecule has 0 saturated carbocycles. The van der Waals surface area contributed by atoms with Gasteiger partial charge in [-0.3, -0.25) is 4.79 Å². The Bertz CT molecular complexity index is 767. The van der Waals surface area contributed by atoms with E-state index in [-0.39, 0.29) is 6.61 Å². The van der Waals surface area contributed by atoms with E-state index in [9.17, 15) is 10.1 Å². The van der Waals surface area contributed by atoms with Crippen LogP contribution in [-0.2, 0) is 16.1 Å². The van der Waals surface area contributed by atoms with E-state index in [2.05, 4.69) is 0 Å². The molecule has 0 amide bonds. The molecule has 6 heteroatoms. The second-order valence-corrected chi connectivity index (χ2v) is 5.11. The van der Waals surface area contributed by atoms with Crippen molar-refractivity contribution in [3.05, 3.63) is 53.6 Å². The molecule has 0 aliphatic carbocycles. The fourth-order valence-electron chi connectivity index (χ4n) is 2.32. The van der Waals surface area contributed by atoms with Crippen LogP contribution in [0.1, 0.15) is 24.2 Å². The first kappa shape index (κ1) is 18.1. The Morgan fingerprint density at radius 3 is 2.36 bits per heavy atom. The Hall–Kier alpha value is -3.20. The molecular weight excluding hydrogens is 322 g/mol. The van der Waals surface area contributed by atoms with E-state index < -0.39 is 12.1 Å². The third kappa shape index (κ3) is 4.42. The van der Waals surface area contributed by atoms with Crippen LogP contribution in [0.25, 0.3) is 0 Å². The van der Waals surface area contributed by atoms with Gasteiger partial charge in [-0.1, -0.05) is 30.3 Å². The van der Waals surface area contributed by atoms with Crippen molar-refractivity contribution in [1.82, 2.24) is 0 Å². The van der Waals surface area contributed by atoms with Crippen molar-refractivity contribution in [1.29, 1.82) is 5.26 Å². The molecule has 25 heavy (non-hydrogen) atoms. The number of nitriles is 1. The Kier molecular flexibility index (Phi) is 6.24. The fraction of sp³-hybridized carbons (Fsp3) is 0.263. The zero-order chi connectivity index (χ0) is 18.2. The van der Waals surface area contributed by atoms with Gasteiger partial charge in [-0.2, -0.15) is 5.26 Å². The summed E-state index contributed by atoms with van der Waals surface area (Å²) in [7, 11) is 2.98. The van der Waals surface area contributed by atoms with Crippen molar-refractivity contribution < 1.29 is 23.7 Å². The van der Waals surface area contributed by atoms with Crippen LogP contribution in [0.2, 0.25) is 0 Å². The van der Waals surface area contributed by atoms with E-state index >= 15 is 0 Å². The van der Waals surface area contributed by atoms with E-state index in [4.69, 9.17) is 18.9 Å². The van der Waals surface area contributed by atoms with Crippen molar-refractivity contribution in [2.45, 2.75) is 19.6 Å². The summed E-state index contributed by atoms with van der Waals surface area (Å²) in [6.07, 6.45) is -1.11. The van der Waals surface area contributed by atoms with Gasteiger partial charge in [-0.25, -0.2) is 0 Å². The molecule has 0 saturated heterocycles. The van der Waals surface area contributed by atoms with Crippen LogP contribution < -0.4 is 14.2 Å². The number of rotatable bonds is 7. The molecule has 130 valence electrons. The first-order chi connectivity index (χ1) is 12.1. The van der Waals surface area contributed by atoms with Gasteiger partial charge in [-0.15, -0.1) is 0 Å². The Labute approximate surface area is 146 Å². The molecule has 0 bridgehead atoms. The Balaban J connectivity index is 2.44. The number of methoxy groups -OCH3 is 2. The second-order valence-electron chi connectivity index (χ2n) is 5.11. The number of benzene rings is 2. The highest BCUT2D eigenvalue weighted by atomic mass is 16.6. The Morgan fingerprint density at radius 2 is 1.80 bits per heavy atom. The van der Waals surface area contributed by atoms with Gasteiger partial charge < -0.3 is 18.9 Å². The van der Waals surface area contributed by atoms with Gasteiger partial charge in [0.05, 0.1) is 19.8 Å². The van der Waals surface area contributed by atoms with Crippen LogP contribution in [0.15, 0.2) is 42.5 Å². The van der Waals surface area contributed by atoms with Gasteiger partial charge >= 0.3 is 5.97 Å². The van der Waals surface area contributed by atoms with Gasteiger partial charge in [0, 0.05) is 6.92 Å². The molecular formula is C19H19NO5. The summed E-state index contributed by atoms with van der Waals surface area (Å²) in [6, 6.07) is 14.8. The molecule has 0 aliphatic rings. The van der Waals surface area contributed by atoms with Gasteiger partial charge in [-0.05, 0) is 17.7 Å². The maximum absolute atomic E-state index is 11.3. The zero-order valence-electron chi connectivity index (χ0n) is 14.3. The van der Waals surface area contributed by atoms with E-state index in [1.165, 1.54) is 21.1 Å². The molecule has 0 aliphatic heterocycles. The minimum Gasteiger partial charge on any atom is -0.493 e. The SMILES string of the molecule is COc1ccc(C(C#N)OC(C)=O)c(OCc2ccccc2)c1OC. The largest absolute Gasteiger partial charge is 0.493 e. The average molecular weight is 341 g/mol. The van der Waals surface area contributed by atoms with E-state index in [1.54, 1.807) is 12.1 Å². The fourth-order valence-corrected chi connectivity index (χ4v) is 2.32. The first-order valence-corrected chi connectivity index (χ1v) is 7.59. The van der Waals surface area contributed by atoms with Crippen LogP contribution in [0.4, 0.5) is 0 Å². The van der Waals surface area contributed by atoms with Gasteiger partial charge in [0.15, 0.2) is 11.5 Å². The van der Waals surface area contributed by atoms with Crippen molar-refractivity contribution in [3.8, 4) is 23.3 Å². The molecule has 0 aromatic heterocycles. The lowest BCUT2D eigenvalue weighted by Crippen LogP contribution is -2.10. The molecule has 0 heterocycles. The summed E-state index contributed by atoms with van der Waals surface area (Å²) < 4.78 is 21.7. The van der Waals surface area contributed by atoms with Crippen molar-refractivity contribution in [2.75, 3.05) is 14.2 Å². The number of hydrogen-bond donors (Lipinski definition) is 0. The van der Waals surface area contributed by atoms with Crippen LogP contribution in [0, 0.1) is 11.3 Å². The lowest BCUT2D eigenvalue weighted by atomic mass is 10.1. The molecule has 2 rings (SSSR count). The minimum atomic E-state index is -1.11. The second kappa shape index (κ2) is 8.60. The van der Waals surface area contributed by atoms with Crippen molar-refractivity contribution >= 4 is 5.97 Å². The summed E-state index contributed by atoms with van der Waals surface area (Å²) in [5, 5.41) is 9.37. The van der Waals surface area contributed by atoms with Gasteiger partial charge in [0.25, 0.3) is 0 Å². The molecule has 0 N–H and O–H groups in total. The smallest absolute Gasteiger partial charge is 0.304 e. The van der Waals surface area contributed by atoms with Gasteiger partial charge in [0.1, 0.15) is 12.7 Å².